The van der Waals surface area contributed by atoms with Crippen molar-refractivity contribution in [3.63, 3.8) is 0 Å². The standard InChI is InChI=1S/C15H19N3O2S/c19-14(4-1-10-5-7-20-8-6-10)16-11-2-3-12-13(9-11)18-15(21)17-12/h2-3,9-10H,1,4-8H2,(H,16,19)(H2,17,18,21). The molecule has 1 aliphatic rings. The number of H-pyrrole nitrogens is 2. The Hall–Kier alpha value is -1.66. The van der Waals surface area contributed by atoms with E-state index in [9.17, 15) is 4.79 Å². The Morgan fingerprint density at radius 2 is 2.05 bits per heavy atom. The van der Waals surface area contributed by atoms with E-state index in [2.05, 4.69) is 15.3 Å². The lowest BCUT2D eigenvalue weighted by molar-refractivity contribution is -0.116. The Labute approximate surface area is 128 Å². The van der Waals surface area contributed by atoms with E-state index >= 15 is 0 Å². The van der Waals surface area contributed by atoms with Crippen LogP contribution >= 0.6 is 12.2 Å². The summed E-state index contributed by atoms with van der Waals surface area (Å²) < 4.78 is 5.92. The van der Waals surface area contributed by atoms with Crippen molar-refractivity contribution in [3.8, 4) is 0 Å². The molecule has 1 amide bonds. The van der Waals surface area contributed by atoms with Gasteiger partial charge in [0.2, 0.25) is 5.91 Å². The zero-order chi connectivity index (χ0) is 14.7. The van der Waals surface area contributed by atoms with Gasteiger partial charge in [0.25, 0.3) is 0 Å². The summed E-state index contributed by atoms with van der Waals surface area (Å²) in [6.07, 6.45) is 3.63. The second kappa shape index (κ2) is 6.41. The largest absolute Gasteiger partial charge is 0.381 e. The molecule has 0 spiro atoms. The predicted molar refractivity (Wildman–Crippen MR) is 84.9 cm³/mol. The van der Waals surface area contributed by atoms with Crippen molar-refractivity contribution in [2.24, 2.45) is 5.92 Å². The Bertz CT molecular complexity index is 686. The molecule has 0 atom stereocenters. The minimum atomic E-state index is 0.0648. The molecule has 1 aliphatic heterocycles. The molecule has 0 aliphatic carbocycles. The second-order valence-electron chi connectivity index (χ2n) is 5.48. The van der Waals surface area contributed by atoms with E-state index in [0.29, 0.717) is 17.1 Å². The summed E-state index contributed by atoms with van der Waals surface area (Å²) in [5.74, 6) is 0.683. The van der Waals surface area contributed by atoms with E-state index in [1.54, 1.807) is 0 Å². The third-order valence-electron chi connectivity index (χ3n) is 3.92. The van der Waals surface area contributed by atoms with Crippen molar-refractivity contribution in [1.29, 1.82) is 0 Å². The zero-order valence-corrected chi connectivity index (χ0v) is 12.6. The maximum Gasteiger partial charge on any atom is 0.224 e. The van der Waals surface area contributed by atoms with Crippen LogP contribution < -0.4 is 5.32 Å². The van der Waals surface area contributed by atoms with Gasteiger partial charge >= 0.3 is 0 Å². The Kier molecular flexibility index (Phi) is 4.36. The van der Waals surface area contributed by atoms with E-state index in [4.69, 9.17) is 17.0 Å². The Morgan fingerprint density at radius 3 is 2.86 bits per heavy atom. The van der Waals surface area contributed by atoms with Crippen LogP contribution in [0, 0.1) is 10.7 Å². The fourth-order valence-electron chi connectivity index (χ4n) is 2.70. The van der Waals surface area contributed by atoms with Crippen LogP contribution in [0.25, 0.3) is 11.0 Å². The lowest BCUT2D eigenvalue weighted by atomic mass is 9.95. The van der Waals surface area contributed by atoms with Gasteiger partial charge in [0.15, 0.2) is 4.77 Å². The van der Waals surface area contributed by atoms with Crippen molar-refractivity contribution in [2.45, 2.75) is 25.7 Å². The van der Waals surface area contributed by atoms with Gasteiger partial charge in [-0.15, -0.1) is 0 Å². The smallest absolute Gasteiger partial charge is 0.224 e. The van der Waals surface area contributed by atoms with Crippen LogP contribution in [0.15, 0.2) is 18.2 Å². The van der Waals surface area contributed by atoms with Crippen LogP contribution in [0.5, 0.6) is 0 Å². The number of rotatable bonds is 4. The highest BCUT2D eigenvalue weighted by Crippen LogP contribution is 2.21. The van der Waals surface area contributed by atoms with Crippen LogP contribution in [0.3, 0.4) is 0 Å². The average Bonchev–Trinajstić information content (AvgIpc) is 2.85. The fourth-order valence-corrected chi connectivity index (χ4v) is 2.92. The van der Waals surface area contributed by atoms with Gasteiger partial charge in [-0.05, 0) is 55.6 Å². The minimum Gasteiger partial charge on any atom is -0.381 e. The molecule has 0 saturated carbocycles. The van der Waals surface area contributed by atoms with Crippen molar-refractivity contribution in [2.75, 3.05) is 18.5 Å². The number of aromatic nitrogens is 2. The average molecular weight is 305 g/mol. The summed E-state index contributed by atoms with van der Waals surface area (Å²) in [6.45, 7) is 1.66. The SMILES string of the molecule is O=C(CCC1CCOCC1)Nc1ccc2[nH]c(=S)[nH]c2c1. The monoisotopic (exact) mass is 305 g/mol. The highest BCUT2D eigenvalue weighted by atomic mass is 32.1. The third-order valence-corrected chi connectivity index (χ3v) is 4.12. The highest BCUT2D eigenvalue weighted by Gasteiger charge is 2.15. The van der Waals surface area contributed by atoms with Gasteiger partial charge in [-0.1, -0.05) is 0 Å². The Morgan fingerprint density at radius 1 is 1.29 bits per heavy atom. The topological polar surface area (TPSA) is 69.9 Å². The van der Waals surface area contributed by atoms with Crippen LogP contribution in [-0.4, -0.2) is 29.1 Å². The third kappa shape index (κ3) is 3.71. The molecule has 5 nitrogen and oxygen atoms in total. The van der Waals surface area contributed by atoms with Gasteiger partial charge in [0.05, 0.1) is 11.0 Å². The number of hydrogen-bond donors (Lipinski definition) is 3. The summed E-state index contributed by atoms with van der Waals surface area (Å²) in [6, 6.07) is 5.69. The van der Waals surface area contributed by atoms with E-state index in [1.807, 2.05) is 18.2 Å². The van der Waals surface area contributed by atoms with Crippen LogP contribution in [0.1, 0.15) is 25.7 Å². The highest BCUT2D eigenvalue weighted by molar-refractivity contribution is 7.71. The Balaban J connectivity index is 1.56. The maximum absolute atomic E-state index is 12.0. The lowest BCUT2D eigenvalue weighted by Gasteiger charge is -2.21. The number of fused-ring (bicyclic) bond motifs is 1. The summed E-state index contributed by atoms with van der Waals surface area (Å²) >= 11 is 5.05. The van der Waals surface area contributed by atoms with E-state index in [1.165, 1.54) is 0 Å². The number of nitrogens with one attached hydrogen (secondary N) is 3. The number of benzene rings is 1. The van der Waals surface area contributed by atoms with E-state index in [0.717, 1.165) is 49.2 Å². The fraction of sp³-hybridized carbons (Fsp3) is 0.467. The first-order chi connectivity index (χ1) is 10.2. The molecule has 3 N–H and O–H groups in total. The molecule has 0 bridgehead atoms. The van der Waals surface area contributed by atoms with Crippen molar-refractivity contribution in [3.05, 3.63) is 23.0 Å². The summed E-state index contributed by atoms with van der Waals surface area (Å²) in [5.41, 5.74) is 2.65. The second-order valence-corrected chi connectivity index (χ2v) is 5.89. The molecule has 2 aromatic rings. The van der Waals surface area contributed by atoms with Crippen LogP contribution in [0.4, 0.5) is 5.69 Å². The quantitative estimate of drug-likeness (QED) is 0.759. The molecule has 6 heteroatoms. The molecule has 1 aromatic heterocycles. The molecule has 2 heterocycles. The normalized spacial score (nSPS) is 16.2. The van der Waals surface area contributed by atoms with Crippen molar-refractivity contribution < 1.29 is 9.53 Å². The molecule has 0 unspecified atom stereocenters. The number of ether oxygens (including phenoxy) is 1. The molecule has 21 heavy (non-hydrogen) atoms. The lowest BCUT2D eigenvalue weighted by Crippen LogP contribution is -2.18. The maximum atomic E-state index is 12.0. The van der Waals surface area contributed by atoms with Crippen molar-refractivity contribution >= 4 is 34.8 Å². The van der Waals surface area contributed by atoms with Gasteiger partial charge < -0.3 is 20.0 Å². The molecule has 1 aromatic carbocycles. The summed E-state index contributed by atoms with van der Waals surface area (Å²) in [7, 11) is 0. The van der Waals surface area contributed by atoms with E-state index in [-0.39, 0.29) is 5.91 Å². The molecular weight excluding hydrogens is 286 g/mol. The number of carbonyl (C=O) groups excluding carboxylic acids is 1. The molecule has 1 fully saturated rings. The minimum absolute atomic E-state index is 0.0648. The molecule has 3 rings (SSSR count). The first-order valence-electron chi connectivity index (χ1n) is 7.30. The van der Waals surface area contributed by atoms with Gasteiger partial charge in [0, 0.05) is 25.3 Å². The van der Waals surface area contributed by atoms with Gasteiger partial charge in [-0.3, -0.25) is 4.79 Å². The van der Waals surface area contributed by atoms with E-state index < -0.39 is 0 Å². The number of carbonyl (C=O) groups is 1. The summed E-state index contributed by atoms with van der Waals surface area (Å²) in [5, 5.41) is 2.94. The first kappa shape index (κ1) is 14.3. The molecule has 112 valence electrons. The number of aromatic amines is 2. The number of hydrogen-bond acceptors (Lipinski definition) is 3. The van der Waals surface area contributed by atoms with Crippen molar-refractivity contribution in [1.82, 2.24) is 9.97 Å². The summed E-state index contributed by atoms with van der Waals surface area (Å²) in [4.78, 5) is 18.1. The van der Waals surface area contributed by atoms with Crippen LogP contribution in [-0.2, 0) is 9.53 Å². The van der Waals surface area contributed by atoms with Crippen LogP contribution in [0.2, 0.25) is 0 Å². The molecule has 1 saturated heterocycles. The first-order valence-corrected chi connectivity index (χ1v) is 7.71. The van der Waals surface area contributed by atoms with Gasteiger partial charge in [0.1, 0.15) is 0 Å². The number of amides is 1. The molecule has 0 radical (unpaired) electrons. The number of imidazole rings is 1. The van der Waals surface area contributed by atoms with Gasteiger partial charge in [-0.2, -0.15) is 0 Å². The predicted octanol–water partition coefficient (Wildman–Crippen LogP) is 3.37. The molecular formula is C15H19N3O2S. The zero-order valence-electron chi connectivity index (χ0n) is 11.8. The number of anilines is 1. The van der Waals surface area contributed by atoms with Gasteiger partial charge in [-0.25, -0.2) is 0 Å².